The van der Waals surface area contributed by atoms with Crippen LogP contribution in [0.1, 0.15) is 37.4 Å². The van der Waals surface area contributed by atoms with Crippen molar-refractivity contribution in [3.05, 3.63) is 48.2 Å². The Hall–Kier alpha value is -3.67. The fraction of sp³-hybridized carbons (Fsp3) is 0.350. The van der Waals surface area contributed by atoms with Gasteiger partial charge in [-0.15, -0.1) is 0 Å². The minimum Gasteiger partial charge on any atom is -0.493 e. The second kappa shape index (κ2) is 7.75. The van der Waals surface area contributed by atoms with Gasteiger partial charge in [-0.3, -0.25) is 4.98 Å². The summed E-state index contributed by atoms with van der Waals surface area (Å²) >= 11 is 0. The van der Waals surface area contributed by atoms with Crippen molar-refractivity contribution >= 4 is 5.82 Å². The Balaban J connectivity index is 1.50. The largest absolute Gasteiger partial charge is 0.493 e. The van der Waals surface area contributed by atoms with Gasteiger partial charge in [-0.1, -0.05) is 13.8 Å². The van der Waals surface area contributed by atoms with E-state index >= 15 is 0 Å². The molecule has 0 aliphatic carbocycles. The molecule has 1 fully saturated rings. The van der Waals surface area contributed by atoms with Crippen molar-refractivity contribution < 1.29 is 9.84 Å². The fourth-order valence-electron chi connectivity index (χ4n) is 3.24. The van der Waals surface area contributed by atoms with Gasteiger partial charge in [0, 0.05) is 31.3 Å². The molecular weight excluding hydrogens is 370 g/mol. The summed E-state index contributed by atoms with van der Waals surface area (Å²) in [6.45, 7) is 5.41. The summed E-state index contributed by atoms with van der Waals surface area (Å²) in [4.78, 5) is 14.7. The molecule has 1 atom stereocenters. The lowest BCUT2D eigenvalue weighted by Gasteiger charge is -2.18. The van der Waals surface area contributed by atoms with E-state index in [1.807, 2.05) is 13.8 Å². The maximum atomic E-state index is 10.2. The van der Waals surface area contributed by atoms with Crippen molar-refractivity contribution in [1.82, 2.24) is 24.7 Å². The summed E-state index contributed by atoms with van der Waals surface area (Å²) in [5.74, 6) is 1.97. The third-order valence-corrected chi connectivity index (χ3v) is 4.82. The third-order valence-electron chi connectivity index (χ3n) is 4.82. The Labute approximate surface area is 168 Å². The first-order valence-electron chi connectivity index (χ1n) is 9.42. The molecule has 1 aliphatic heterocycles. The van der Waals surface area contributed by atoms with Crippen LogP contribution in [0.15, 0.2) is 36.9 Å². The molecule has 4 rings (SSSR count). The Morgan fingerprint density at radius 3 is 2.86 bits per heavy atom. The van der Waals surface area contributed by atoms with E-state index in [0.717, 1.165) is 24.5 Å². The second-order valence-corrected chi connectivity index (χ2v) is 7.19. The molecule has 0 aromatic carbocycles. The number of anilines is 1. The van der Waals surface area contributed by atoms with Crippen LogP contribution in [-0.4, -0.2) is 49.0 Å². The van der Waals surface area contributed by atoms with E-state index < -0.39 is 0 Å². The highest BCUT2D eigenvalue weighted by Gasteiger charge is 2.26. The van der Waals surface area contributed by atoms with Gasteiger partial charge in [0.15, 0.2) is 11.6 Å². The quantitative estimate of drug-likeness (QED) is 0.705. The molecule has 0 radical (unpaired) electrons. The van der Waals surface area contributed by atoms with Crippen LogP contribution in [0.25, 0.3) is 5.82 Å². The van der Waals surface area contributed by atoms with Crippen LogP contribution in [0, 0.1) is 11.3 Å². The molecule has 1 saturated heterocycles. The normalized spacial score (nSPS) is 16.2. The van der Waals surface area contributed by atoms with Gasteiger partial charge < -0.3 is 14.7 Å². The van der Waals surface area contributed by atoms with Crippen LogP contribution >= 0.6 is 0 Å². The highest BCUT2D eigenvalue weighted by atomic mass is 16.5. The second-order valence-electron chi connectivity index (χ2n) is 7.19. The molecule has 9 heteroatoms. The first-order chi connectivity index (χ1) is 14.0. The first-order valence-corrected chi connectivity index (χ1v) is 9.42. The molecule has 0 bridgehead atoms. The zero-order valence-electron chi connectivity index (χ0n) is 16.2. The van der Waals surface area contributed by atoms with Crippen molar-refractivity contribution in [2.45, 2.75) is 32.3 Å². The Morgan fingerprint density at radius 2 is 2.10 bits per heavy atom. The average Bonchev–Trinajstić information content (AvgIpc) is 3.35. The highest BCUT2D eigenvalue weighted by molar-refractivity contribution is 5.46. The van der Waals surface area contributed by atoms with Crippen LogP contribution in [-0.2, 0) is 0 Å². The lowest BCUT2D eigenvalue weighted by molar-refractivity contribution is 0.223. The lowest BCUT2D eigenvalue weighted by atomic mass is 10.1. The smallest absolute Gasteiger partial charge is 0.215 e. The van der Waals surface area contributed by atoms with Crippen LogP contribution in [0.5, 0.6) is 11.6 Å². The topological polar surface area (TPSA) is 113 Å². The van der Waals surface area contributed by atoms with Crippen molar-refractivity contribution in [1.29, 1.82) is 5.26 Å². The predicted octanol–water partition coefficient (Wildman–Crippen LogP) is 2.42. The zero-order chi connectivity index (χ0) is 20.4. The van der Waals surface area contributed by atoms with E-state index in [-0.39, 0.29) is 17.9 Å². The minimum atomic E-state index is -0.0737. The molecule has 1 aliphatic rings. The van der Waals surface area contributed by atoms with Crippen molar-refractivity contribution in [2.24, 2.45) is 0 Å². The van der Waals surface area contributed by atoms with Crippen LogP contribution < -0.4 is 9.64 Å². The lowest BCUT2D eigenvalue weighted by Crippen LogP contribution is -2.25. The highest BCUT2D eigenvalue weighted by Crippen LogP contribution is 2.26. The number of rotatable bonds is 5. The number of hydrogen-bond acceptors (Lipinski definition) is 8. The number of pyridine rings is 1. The van der Waals surface area contributed by atoms with Gasteiger partial charge in [0.2, 0.25) is 5.88 Å². The number of nitrogens with zero attached hydrogens (tertiary/aromatic N) is 7. The van der Waals surface area contributed by atoms with E-state index in [1.165, 1.54) is 11.0 Å². The molecule has 0 saturated carbocycles. The molecular formula is C20H21N7O2. The maximum Gasteiger partial charge on any atom is 0.215 e. The summed E-state index contributed by atoms with van der Waals surface area (Å²) in [5.41, 5.74) is 1.26. The molecule has 0 amide bonds. The van der Waals surface area contributed by atoms with Gasteiger partial charge in [-0.2, -0.15) is 15.0 Å². The summed E-state index contributed by atoms with van der Waals surface area (Å²) in [5, 5.41) is 23.9. The van der Waals surface area contributed by atoms with Crippen LogP contribution in [0.4, 0.5) is 5.82 Å². The van der Waals surface area contributed by atoms with Gasteiger partial charge in [0.25, 0.3) is 0 Å². The van der Waals surface area contributed by atoms with Gasteiger partial charge in [-0.05, 0) is 12.0 Å². The summed E-state index contributed by atoms with van der Waals surface area (Å²) < 4.78 is 7.40. The van der Waals surface area contributed by atoms with E-state index in [4.69, 9.17) is 4.74 Å². The number of aromatic hydroxyl groups is 1. The zero-order valence-corrected chi connectivity index (χ0v) is 16.2. The van der Waals surface area contributed by atoms with Gasteiger partial charge >= 0.3 is 0 Å². The number of nitriles is 1. The SMILES string of the molecule is CC(C)c1cc(O)n(-c2cc(N3CCC(Oc4cnccc4C#N)C3)ncn2)n1. The standard InChI is InChI=1S/C20H21N7O2/c1-13(2)16-7-20(28)27(25-16)19-8-18(23-12-24-19)26-6-4-15(11-26)29-17-10-22-5-3-14(17)9-21/h3,5,7-8,10,12-13,15,28H,4,6,11H2,1-2H3. The minimum absolute atomic E-state index is 0.0431. The van der Waals surface area contributed by atoms with Gasteiger partial charge in [0.05, 0.1) is 24.0 Å². The Morgan fingerprint density at radius 1 is 1.28 bits per heavy atom. The fourth-order valence-corrected chi connectivity index (χ4v) is 3.24. The molecule has 1 N–H and O–H groups in total. The van der Waals surface area contributed by atoms with E-state index in [1.54, 1.807) is 30.6 Å². The van der Waals surface area contributed by atoms with Crippen LogP contribution in [0.3, 0.4) is 0 Å². The first kappa shape index (κ1) is 18.7. The monoisotopic (exact) mass is 391 g/mol. The Kier molecular flexibility index (Phi) is 4.99. The van der Waals surface area contributed by atoms with Crippen molar-refractivity contribution in [3.63, 3.8) is 0 Å². The van der Waals surface area contributed by atoms with Gasteiger partial charge in [0.1, 0.15) is 24.3 Å². The average molecular weight is 391 g/mol. The number of hydrogen-bond donors (Lipinski definition) is 1. The molecule has 148 valence electrons. The molecule has 29 heavy (non-hydrogen) atoms. The van der Waals surface area contributed by atoms with Crippen molar-refractivity contribution in [2.75, 3.05) is 18.0 Å². The summed E-state index contributed by atoms with van der Waals surface area (Å²) in [6.07, 6.45) is 5.32. The summed E-state index contributed by atoms with van der Waals surface area (Å²) in [6, 6.07) is 7.20. The Bertz CT molecular complexity index is 1060. The molecule has 3 aromatic heterocycles. The maximum absolute atomic E-state index is 10.2. The summed E-state index contributed by atoms with van der Waals surface area (Å²) in [7, 11) is 0. The van der Waals surface area contributed by atoms with E-state index in [9.17, 15) is 10.4 Å². The molecule has 0 spiro atoms. The van der Waals surface area contributed by atoms with Crippen LogP contribution in [0.2, 0.25) is 0 Å². The molecule has 9 nitrogen and oxygen atoms in total. The third kappa shape index (κ3) is 3.82. The molecule has 4 heterocycles. The van der Waals surface area contributed by atoms with E-state index in [2.05, 4.69) is 31.0 Å². The van der Waals surface area contributed by atoms with Gasteiger partial charge in [-0.25, -0.2) is 9.97 Å². The predicted molar refractivity (Wildman–Crippen MR) is 105 cm³/mol. The van der Waals surface area contributed by atoms with Crippen molar-refractivity contribution in [3.8, 4) is 23.5 Å². The number of ether oxygens (including phenoxy) is 1. The molecule has 1 unspecified atom stereocenters. The molecule has 3 aromatic rings. The van der Waals surface area contributed by atoms with E-state index in [0.29, 0.717) is 23.7 Å². The number of aromatic nitrogens is 5.